The summed E-state index contributed by atoms with van der Waals surface area (Å²) in [4.78, 5) is 0. The van der Waals surface area contributed by atoms with E-state index in [0.717, 1.165) is 30.3 Å². The molecule has 0 spiro atoms. The smallest absolute Gasteiger partial charge is 0.406 e. The average Bonchev–Trinajstić information content (AvgIpc) is 2.75. The molecule has 4 rings (SSSR count). The van der Waals surface area contributed by atoms with Crippen LogP contribution in [0.1, 0.15) is 41.5 Å². The second-order valence-corrected chi connectivity index (χ2v) is 7.99. The molecule has 0 heterocycles. The van der Waals surface area contributed by atoms with Crippen molar-refractivity contribution in [1.29, 1.82) is 0 Å². The maximum atomic E-state index is 15.3. The van der Waals surface area contributed by atoms with Gasteiger partial charge in [0.1, 0.15) is 17.4 Å². The van der Waals surface area contributed by atoms with Crippen LogP contribution in [0.15, 0.2) is 42.5 Å². The van der Waals surface area contributed by atoms with Crippen LogP contribution in [-0.4, -0.2) is 6.36 Å². The van der Waals surface area contributed by atoms with Crippen LogP contribution in [0.3, 0.4) is 0 Å². The zero-order valence-electron chi connectivity index (χ0n) is 17.5. The standard InChI is InChI=1S/C25H19F7O/c1-2-13-5-9-18(24(29)22(13)27)15-6-10-19-16(11-15)12-20(26)21(23(19)28)14-3-7-17(8-4-14)33-25(30,31)32/h3-5,7-9,12,15H,2,6,10-11H2,1H3. The van der Waals surface area contributed by atoms with Crippen LogP contribution >= 0.6 is 0 Å². The van der Waals surface area contributed by atoms with Gasteiger partial charge in [0.25, 0.3) is 0 Å². The molecule has 1 unspecified atom stereocenters. The van der Waals surface area contributed by atoms with Crippen LogP contribution in [0.5, 0.6) is 5.75 Å². The van der Waals surface area contributed by atoms with Gasteiger partial charge in [-0.2, -0.15) is 0 Å². The highest BCUT2D eigenvalue weighted by Gasteiger charge is 2.32. The van der Waals surface area contributed by atoms with E-state index in [-0.39, 0.29) is 40.7 Å². The van der Waals surface area contributed by atoms with Gasteiger partial charge >= 0.3 is 6.36 Å². The van der Waals surface area contributed by atoms with E-state index in [1.165, 1.54) is 12.1 Å². The SMILES string of the molecule is CCc1ccc(C2CCc3c(cc(F)c(-c4ccc(OC(F)(F)F)cc4)c3F)C2)c(F)c1F. The Kier molecular flexibility index (Phi) is 6.12. The summed E-state index contributed by atoms with van der Waals surface area (Å²) in [6.45, 7) is 1.72. The number of benzene rings is 3. The summed E-state index contributed by atoms with van der Waals surface area (Å²) in [5, 5.41) is 0. The van der Waals surface area contributed by atoms with E-state index in [4.69, 9.17) is 0 Å². The van der Waals surface area contributed by atoms with Gasteiger partial charge in [-0.15, -0.1) is 13.2 Å². The second kappa shape index (κ2) is 8.72. The zero-order chi connectivity index (χ0) is 23.9. The molecule has 3 aromatic rings. The first-order chi connectivity index (χ1) is 15.6. The first kappa shape index (κ1) is 23.1. The zero-order valence-corrected chi connectivity index (χ0v) is 17.5. The third kappa shape index (κ3) is 4.56. The molecule has 0 aliphatic heterocycles. The number of rotatable bonds is 4. The van der Waals surface area contributed by atoms with Crippen molar-refractivity contribution in [3.63, 3.8) is 0 Å². The number of hydrogen-bond donors (Lipinski definition) is 0. The number of aryl methyl sites for hydroxylation is 1. The molecule has 0 aromatic heterocycles. The highest BCUT2D eigenvalue weighted by molar-refractivity contribution is 5.67. The van der Waals surface area contributed by atoms with E-state index in [0.29, 0.717) is 18.4 Å². The molecule has 174 valence electrons. The van der Waals surface area contributed by atoms with Crippen molar-refractivity contribution >= 4 is 0 Å². The molecule has 0 radical (unpaired) electrons. The van der Waals surface area contributed by atoms with Crippen molar-refractivity contribution in [2.24, 2.45) is 0 Å². The van der Waals surface area contributed by atoms with Crippen LogP contribution in [-0.2, 0) is 19.3 Å². The largest absolute Gasteiger partial charge is 0.573 e. The van der Waals surface area contributed by atoms with Gasteiger partial charge in [0.15, 0.2) is 11.6 Å². The summed E-state index contributed by atoms with van der Waals surface area (Å²) in [6.07, 6.45) is -3.86. The van der Waals surface area contributed by atoms with E-state index in [1.807, 2.05) is 0 Å². The van der Waals surface area contributed by atoms with Crippen molar-refractivity contribution in [2.75, 3.05) is 0 Å². The molecular weight excluding hydrogens is 449 g/mol. The predicted molar refractivity (Wildman–Crippen MR) is 109 cm³/mol. The van der Waals surface area contributed by atoms with Gasteiger partial charge in [-0.05, 0) is 77.6 Å². The Balaban J connectivity index is 1.64. The molecule has 0 amide bonds. The molecule has 1 nitrogen and oxygen atoms in total. The number of hydrogen-bond acceptors (Lipinski definition) is 1. The lowest BCUT2D eigenvalue weighted by molar-refractivity contribution is -0.274. The molecule has 0 N–H and O–H groups in total. The quantitative estimate of drug-likeness (QED) is 0.358. The lowest BCUT2D eigenvalue weighted by Gasteiger charge is -2.27. The molecule has 1 aliphatic rings. The number of alkyl halides is 3. The Labute approximate surface area is 185 Å². The van der Waals surface area contributed by atoms with E-state index in [2.05, 4.69) is 4.74 Å². The molecule has 3 aromatic carbocycles. The summed E-state index contributed by atoms with van der Waals surface area (Å²) in [6, 6.07) is 8.47. The summed E-state index contributed by atoms with van der Waals surface area (Å²) in [5.41, 5.74) is 0.787. The molecule has 33 heavy (non-hydrogen) atoms. The van der Waals surface area contributed by atoms with Crippen LogP contribution in [0.4, 0.5) is 30.7 Å². The molecule has 0 saturated carbocycles. The van der Waals surface area contributed by atoms with Gasteiger partial charge in [0.2, 0.25) is 0 Å². The van der Waals surface area contributed by atoms with Crippen LogP contribution in [0.2, 0.25) is 0 Å². The normalized spacial score (nSPS) is 15.9. The van der Waals surface area contributed by atoms with Gasteiger partial charge in [-0.25, -0.2) is 17.6 Å². The maximum absolute atomic E-state index is 15.3. The van der Waals surface area contributed by atoms with Crippen molar-refractivity contribution in [3.8, 4) is 16.9 Å². The maximum Gasteiger partial charge on any atom is 0.573 e. The minimum absolute atomic E-state index is 0.0627. The Morgan fingerprint density at radius 1 is 0.909 bits per heavy atom. The fourth-order valence-corrected chi connectivity index (χ4v) is 4.39. The van der Waals surface area contributed by atoms with Crippen molar-refractivity contribution in [3.05, 3.63) is 88.0 Å². The van der Waals surface area contributed by atoms with Crippen LogP contribution < -0.4 is 4.74 Å². The Morgan fingerprint density at radius 3 is 2.24 bits per heavy atom. The number of fused-ring (bicyclic) bond motifs is 1. The molecule has 1 aliphatic carbocycles. The summed E-state index contributed by atoms with van der Waals surface area (Å²) >= 11 is 0. The van der Waals surface area contributed by atoms with Gasteiger partial charge < -0.3 is 4.74 Å². The minimum atomic E-state index is -4.88. The van der Waals surface area contributed by atoms with E-state index < -0.39 is 41.3 Å². The first-order valence-electron chi connectivity index (χ1n) is 10.4. The van der Waals surface area contributed by atoms with Gasteiger partial charge in [-0.3, -0.25) is 0 Å². The fraction of sp³-hybridized carbons (Fsp3) is 0.280. The Hall–Kier alpha value is -3.03. The predicted octanol–water partition coefficient (Wildman–Crippen LogP) is 7.64. The van der Waals surface area contributed by atoms with Crippen LogP contribution in [0.25, 0.3) is 11.1 Å². The summed E-state index contributed by atoms with van der Waals surface area (Å²) in [7, 11) is 0. The second-order valence-electron chi connectivity index (χ2n) is 7.99. The van der Waals surface area contributed by atoms with Gasteiger partial charge in [0, 0.05) is 0 Å². The molecule has 0 fully saturated rings. The van der Waals surface area contributed by atoms with E-state index >= 15 is 4.39 Å². The average molecular weight is 468 g/mol. The highest BCUT2D eigenvalue weighted by Crippen LogP contribution is 2.40. The molecular formula is C25H19F7O. The van der Waals surface area contributed by atoms with Crippen molar-refractivity contribution in [2.45, 2.75) is 44.9 Å². The fourth-order valence-electron chi connectivity index (χ4n) is 4.39. The topological polar surface area (TPSA) is 9.23 Å². The highest BCUT2D eigenvalue weighted by atomic mass is 19.4. The number of ether oxygens (including phenoxy) is 1. The van der Waals surface area contributed by atoms with E-state index in [9.17, 15) is 26.3 Å². The third-order valence-electron chi connectivity index (χ3n) is 6.01. The number of halogens is 7. The lowest BCUT2D eigenvalue weighted by atomic mass is 9.78. The van der Waals surface area contributed by atoms with Crippen molar-refractivity contribution in [1.82, 2.24) is 0 Å². The minimum Gasteiger partial charge on any atom is -0.406 e. The van der Waals surface area contributed by atoms with E-state index in [1.54, 1.807) is 6.92 Å². The van der Waals surface area contributed by atoms with Gasteiger partial charge in [0.05, 0.1) is 5.56 Å². The monoisotopic (exact) mass is 468 g/mol. The van der Waals surface area contributed by atoms with Crippen LogP contribution in [0, 0.1) is 23.3 Å². The third-order valence-corrected chi connectivity index (χ3v) is 6.01. The summed E-state index contributed by atoms with van der Waals surface area (Å²) in [5.74, 6) is -4.45. The Bertz CT molecular complexity index is 1180. The molecule has 1 atom stereocenters. The molecule has 8 heteroatoms. The molecule has 0 saturated heterocycles. The van der Waals surface area contributed by atoms with Crippen molar-refractivity contribution < 1.29 is 35.5 Å². The first-order valence-corrected chi connectivity index (χ1v) is 10.4. The Morgan fingerprint density at radius 2 is 1.61 bits per heavy atom. The summed E-state index contributed by atoms with van der Waals surface area (Å²) < 4.78 is 99.7. The molecule has 0 bridgehead atoms. The van der Waals surface area contributed by atoms with Gasteiger partial charge in [-0.1, -0.05) is 31.2 Å². The lowest BCUT2D eigenvalue weighted by Crippen LogP contribution is -2.17.